The van der Waals surface area contributed by atoms with E-state index in [0.717, 1.165) is 22.7 Å². The Labute approximate surface area is 140 Å². The number of hydrogen-bond donors (Lipinski definition) is 2. The molecular weight excluding hydrogens is 302 g/mol. The molecule has 2 aromatic carbocycles. The molecule has 122 valence electrons. The Morgan fingerprint density at radius 2 is 1.83 bits per heavy atom. The van der Waals surface area contributed by atoms with E-state index in [1.807, 2.05) is 77.6 Å². The first kappa shape index (κ1) is 15.7. The zero-order chi connectivity index (χ0) is 16.8. The van der Waals surface area contributed by atoms with Crippen LogP contribution in [0.2, 0.25) is 0 Å². The highest BCUT2D eigenvalue weighted by molar-refractivity contribution is 5.89. The molecule has 0 aliphatic rings. The van der Waals surface area contributed by atoms with Crippen LogP contribution in [0.15, 0.2) is 73.1 Å². The second-order valence-electron chi connectivity index (χ2n) is 5.26. The summed E-state index contributed by atoms with van der Waals surface area (Å²) < 4.78 is 7.26. The van der Waals surface area contributed by atoms with Crippen molar-refractivity contribution in [2.24, 2.45) is 0 Å². The molecular formula is C19H19N3O2. The van der Waals surface area contributed by atoms with Crippen LogP contribution in [-0.4, -0.2) is 17.7 Å². The molecule has 24 heavy (non-hydrogen) atoms. The van der Waals surface area contributed by atoms with Gasteiger partial charge in [0, 0.05) is 35.9 Å². The van der Waals surface area contributed by atoms with Gasteiger partial charge in [-0.2, -0.15) is 0 Å². The summed E-state index contributed by atoms with van der Waals surface area (Å²) in [5, 5.41) is 5.69. The first-order valence-corrected chi connectivity index (χ1v) is 7.66. The van der Waals surface area contributed by atoms with Crippen LogP contribution in [0.25, 0.3) is 5.69 Å². The van der Waals surface area contributed by atoms with E-state index < -0.39 is 0 Å². The Bertz CT molecular complexity index is 813. The van der Waals surface area contributed by atoms with Crippen molar-refractivity contribution in [2.45, 2.75) is 6.54 Å². The van der Waals surface area contributed by atoms with Gasteiger partial charge in [0.15, 0.2) is 0 Å². The molecule has 1 heterocycles. The van der Waals surface area contributed by atoms with Gasteiger partial charge >= 0.3 is 6.03 Å². The highest BCUT2D eigenvalue weighted by Crippen LogP contribution is 2.17. The number of carbonyl (C=O) groups is 1. The van der Waals surface area contributed by atoms with E-state index in [-0.39, 0.29) is 6.03 Å². The minimum Gasteiger partial charge on any atom is -0.496 e. The molecule has 2 amide bonds. The molecule has 0 aliphatic heterocycles. The minimum atomic E-state index is -0.259. The maximum Gasteiger partial charge on any atom is 0.319 e. The molecule has 0 unspecified atom stereocenters. The standard InChI is InChI=1S/C19H19N3O2/c1-24-18-10-3-2-7-15(18)14-20-19(23)21-16-8-6-9-17(13-16)22-11-4-5-12-22/h2-13H,14H2,1H3,(H2,20,21,23). The number of nitrogens with one attached hydrogen (secondary N) is 2. The van der Waals surface area contributed by atoms with E-state index in [1.165, 1.54) is 0 Å². The molecule has 0 aliphatic carbocycles. The maximum atomic E-state index is 12.1. The fraction of sp³-hybridized carbons (Fsp3) is 0.105. The number of amides is 2. The molecule has 1 aromatic heterocycles. The monoisotopic (exact) mass is 321 g/mol. The van der Waals surface area contributed by atoms with Crippen molar-refractivity contribution in [2.75, 3.05) is 12.4 Å². The lowest BCUT2D eigenvalue weighted by atomic mass is 10.2. The first-order chi connectivity index (χ1) is 11.8. The van der Waals surface area contributed by atoms with Gasteiger partial charge in [-0.1, -0.05) is 24.3 Å². The fourth-order valence-electron chi connectivity index (χ4n) is 2.45. The van der Waals surface area contributed by atoms with Crippen LogP contribution in [0.1, 0.15) is 5.56 Å². The van der Waals surface area contributed by atoms with Gasteiger partial charge in [-0.15, -0.1) is 0 Å². The van der Waals surface area contributed by atoms with E-state index in [2.05, 4.69) is 10.6 Å². The van der Waals surface area contributed by atoms with E-state index in [9.17, 15) is 4.79 Å². The van der Waals surface area contributed by atoms with Crippen LogP contribution < -0.4 is 15.4 Å². The quantitative estimate of drug-likeness (QED) is 0.751. The molecule has 0 atom stereocenters. The number of anilines is 1. The first-order valence-electron chi connectivity index (χ1n) is 7.66. The van der Waals surface area contributed by atoms with Crippen molar-refractivity contribution >= 4 is 11.7 Å². The number of para-hydroxylation sites is 1. The number of benzene rings is 2. The largest absolute Gasteiger partial charge is 0.496 e. The summed E-state index contributed by atoms with van der Waals surface area (Å²) in [5.41, 5.74) is 2.65. The minimum absolute atomic E-state index is 0.259. The molecule has 2 N–H and O–H groups in total. The van der Waals surface area contributed by atoms with Gasteiger partial charge in [-0.3, -0.25) is 0 Å². The summed E-state index contributed by atoms with van der Waals surface area (Å²) >= 11 is 0. The topological polar surface area (TPSA) is 55.3 Å². The SMILES string of the molecule is COc1ccccc1CNC(=O)Nc1cccc(-n2cccc2)c1. The maximum absolute atomic E-state index is 12.1. The third-order valence-electron chi connectivity index (χ3n) is 3.64. The summed E-state index contributed by atoms with van der Waals surface area (Å²) in [6.07, 6.45) is 3.92. The van der Waals surface area contributed by atoms with Gasteiger partial charge < -0.3 is 19.9 Å². The summed E-state index contributed by atoms with van der Waals surface area (Å²) in [4.78, 5) is 12.1. The molecule has 0 radical (unpaired) electrons. The molecule has 3 aromatic rings. The lowest BCUT2D eigenvalue weighted by molar-refractivity contribution is 0.251. The lowest BCUT2D eigenvalue weighted by Gasteiger charge is -2.11. The van der Waals surface area contributed by atoms with E-state index in [4.69, 9.17) is 4.74 Å². The predicted molar refractivity (Wildman–Crippen MR) is 94.6 cm³/mol. The summed E-state index contributed by atoms with van der Waals surface area (Å²) in [6.45, 7) is 0.396. The fourth-order valence-corrected chi connectivity index (χ4v) is 2.45. The third-order valence-corrected chi connectivity index (χ3v) is 3.64. The molecule has 0 spiro atoms. The number of urea groups is 1. The number of ether oxygens (including phenoxy) is 1. The molecule has 5 heteroatoms. The number of carbonyl (C=O) groups excluding carboxylic acids is 1. The van der Waals surface area contributed by atoms with Crippen LogP contribution in [0.5, 0.6) is 5.75 Å². The second-order valence-corrected chi connectivity index (χ2v) is 5.26. The zero-order valence-corrected chi connectivity index (χ0v) is 13.4. The summed E-state index contributed by atoms with van der Waals surface area (Å²) in [6, 6.07) is 18.9. The van der Waals surface area contributed by atoms with Gasteiger partial charge in [0.1, 0.15) is 5.75 Å². The van der Waals surface area contributed by atoms with Gasteiger partial charge in [0.25, 0.3) is 0 Å². The van der Waals surface area contributed by atoms with Crippen molar-refractivity contribution in [3.63, 3.8) is 0 Å². The van der Waals surface area contributed by atoms with Crippen molar-refractivity contribution in [1.82, 2.24) is 9.88 Å². The van der Waals surface area contributed by atoms with Crippen LogP contribution in [0.4, 0.5) is 10.5 Å². The highest BCUT2D eigenvalue weighted by Gasteiger charge is 2.06. The lowest BCUT2D eigenvalue weighted by Crippen LogP contribution is -2.28. The van der Waals surface area contributed by atoms with Gasteiger partial charge in [-0.05, 0) is 36.4 Å². The molecule has 3 rings (SSSR count). The normalized spacial score (nSPS) is 10.2. The Morgan fingerprint density at radius 1 is 1.04 bits per heavy atom. The zero-order valence-electron chi connectivity index (χ0n) is 13.4. The smallest absolute Gasteiger partial charge is 0.319 e. The van der Waals surface area contributed by atoms with Gasteiger partial charge in [0.05, 0.1) is 7.11 Å². The van der Waals surface area contributed by atoms with Crippen LogP contribution >= 0.6 is 0 Å². The number of aromatic nitrogens is 1. The van der Waals surface area contributed by atoms with E-state index in [0.29, 0.717) is 6.54 Å². The summed E-state index contributed by atoms with van der Waals surface area (Å²) in [7, 11) is 1.62. The average molecular weight is 321 g/mol. The van der Waals surface area contributed by atoms with Crippen molar-refractivity contribution in [1.29, 1.82) is 0 Å². The van der Waals surface area contributed by atoms with Crippen LogP contribution in [-0.2, 0) is 6.54 Å². The Balaban J connectivity index is 1.62. The number of methoxy groups -OCH3 is 1. The molecule has 5 nitrogen and oxygen atoms in total. The van der Waals surface area contributed by atoms with Crippen LogP contribution in [0, 0.1) is 0 Å². The van der Waals surface area contributed by atoms with E-state index >= 15 is 0 Å². The van der Waals surface area contributed by atoms with Crippen LogP contribution in [0.3, 0.4) is 0 Å². The molecule has 0 saturated heterocycles. The van der Waals surface area contributed by atoms with Crippen molar-refractivity contribution < 1.29 is 9.53 Å². The van der Waals surface area contributed by atoms with Crippen molar-refractivity contribution in [3.8, 4) is 11.4 Å². The average Bonchev–Trinajstić information content (AvgIpc) is 3.15. The Hall–Kier alpha value is -3.21. The Morgan fingerprint density at radius 3 is 2.62 bits per heavy atom. The van der Waals surface area contributed by atoms with Crippen molar-refractivity contribution in [3.05, 3.63) is 78.6 Å². The number of rotatable bonds is 5. The highest BCUT2D eigenvalue weighted by atomic mass is 16.5. The van der Waals surface area contributed by atoms with Gasteiger partial charge in [0.2, 0.25) is 0 Å². The Kier molecular flexibility index (Phi) is 4.81. The van der Waals surface area contributed by atoms with Gasteiger partial charge in [-0.25, -0.2) is 4.79 Å². The molecule has 0 bridgehead atoms. The number of nitrogens with zero attached hydrogens (tertiary/aromatic N) is 1. The summed E-state index contributed by atoms with van der Waals surface area (Å²) in [5.74, 6) is 0.757. The molecule has 0 fully saturated rings. The predicted octanol–water partition coefficient (Wildman–Crippen LogP) is 3.81. The number of hydrogen-bond acceptors (Lipinski definition) is 2. The third kappa shape index (κ3) is 3.76. The van der Waals surface area contributed by atoms with E-state index in [1.54, 1.807) is 7.11 Å². The second kappa shape index (κ2) is 7.37. The molecule has 0 saturated carbocycles.